The molecule has 1 aromatic heterocycles. The predicted molar refractivity (Wildman–Crippen MR) is 122 cm³/mol. The lowest BCUT2D eigenvalue weighted by atomic mass is 10.1. The molecule has 2 amide bonds. The van der Waals surface area contributed by atoms with Crippen molar-refractivity contribution in [2.75, 3.05) is 6.61 Å². The maximum absolute atomic E-state index is 13.1. The number of imide groups is 1. The zero-order valence-electron chi connectivity index (χ0n) is 17.8. The highest BCUT2D eigenvalue weighted by Gasteiger charge is 2.36. The Morgan fingerprint density at radius 1 is 0.969 bits per heavy atom. The normalized spacial score (nSPS) is 16.2. The van der Waals surface area contributed by atoms with Crippen LogP contribution in [-0.2, 0) is 13.6 Å². The van der Waals surface area contributed by atoms with Crippen LogP contribution in [0, 0.1) is 5.92 Å². The minimum atomic E-state index is -0.369. The van der Waals surface area contributed by atoms with E-state index < -0.39 is 0 Å². The summed E-state index contributed by atoms with van der Waals surface area (Å²) in [5, 5.41) is 1.58. The average molecular weight is 451 g/mol. The van der Waals surface area contributed by atoms with Gasteiger partial charge in [0.2, 0.25) is 0 Å². The summed E-state index contributed by atoms with van der Waals surface area (Å²) >= 11 is 6.26. The van der Waals surface area contributed by atoms with Crippen LogP contribution in [0.3, 0.4) is 0 Å². The molecule has 2 aromatic carbocycles. The van der Waals surface area contributed by atoms with E-state index in [4.69, 9.17) is 16.3 Å². The number of halogens is 1. The smallest absolute Gasteiger partial charge is 0.261 e. The first-order valence-corrected chi connectivity index (χ1v) is 11.2. The van der Waals surface area contributed by atoms with E-state index in [1.165, 1.54) is 22.3 Å². The van der Waals surface area contributed by atoms with Gasteiger partial charge in [0.1, 0.15) is 5.75 Å². The summed E-state index contributed by atoms with van der Waals surface area (Å²) in [5.41, 5.74) is 1.01. The van der Waals surface area contributed by atoms with E-state index in [1.54, 1.807) is 49.5 Å². The summed E-state index contributed by atoms with van der Waals surface area (Å²) in [6, 6.07) is 11.8. The van der Waals surface area contributed by atoms with Gasteiger partial charge in [-0.05, 0) is 49.1 Å². The van der Waals surface area contributed by atoms with Crippen LogP contribution in [0.5, 0.6) is 5.75 Å². The number of nitrogens with zero attached hydrogens (tertiary/aromatic N) is 2. The number of benzene rings is 2. The Labute approximate surface area is 190 Å². The number of ether oxygens (including phenoxy) is 1. The maximum atomic E-state index is 13.1. The molecule has 0 spiro atoms. The fourth-order valence-electron chi connectivity index (χ4n) is 4.75. The van der Waals surface area contributed by atoms with Gasteiger partial charge in [-0.2, -0.15) is 0 Å². The van der Waals surface area contributed by atoms with E-state index in [0.29, 0.717) is 50.9 Å². The Hall–Kier alpha value is -3.12. The van der Waals surface area contributed by atoms with Crippen LogP contribution in [0.1, 0.15) is 52.1 Å². The van der Waals surface area contributed by atoms with Gasteiger partial charge in [-0.25, -0.2) is 0 Å². The zero-order valence-corrected chi connectivity index (χ0v) is 18.5. The topological polar surface area (TPSA) is 68.6 Å². The van der Waals surface area contributed by atoms with E-state index in [2.05, 4.69) is 0 Å². The summed E-state index contributed by atoms with van der Waals surface area (Å²) < 4.78 is 7.79. The van der Waals surface area contributed by atoms with Crippen molar-refractivity contribution >= 4 is 34.2 Å². The fourth-order valence-corrected chi connectivity index (χ4v) is 4.92. The lowest BCUT2D eigenvalue weighted by Crippen LogP contribution is -2.33. The number of hydrogen-bond acceptors (Lipinski definition) is 4. The van der Waals surface area contributed by atoms with Crippen LogP contribution in [-0.4, -0.2) is 27.9 Å². The lowest BCUT2D eigenvalue weighted by Gasteiger charge is -2.22. The van der Waals surface area contributed by atoms with Crippen molar-refractivity contribution in [1.82, 2.24) is 9.47 Å². The van der Waals surface area contributed by atoms with Crippen molar-refractivity contribution in [3.8, 4) is 5.75 Å². The Bertz CT molecular complexity index is 1270. The highest BCUT2D eigenvalue weighted by Crippen LogP contribution is 2.34. The van der Waals surface area contributed by atoms with Crippen molar-refractivity contribution in [2.24, 2.45) is 13.0 Å². The number of aromatic nitrogens is 1. The number of fused-ring (bicyclic) bond motifs is 2. The molecule has 0 saturated heterocycles. The molecule has 0 atom stereocenters. The molecule has 7 heteroatoms. The fraction of sp³-hybridized carbons (Fsp3) is 0.320. The zero-order chi connectivity index (χ0) is 22.4. The second-order valence-electron chi connectivity index (χ2n) is 8.53. The number of hydrogen-bond donors (Lipinski definition) is 0. The monoisotopic (exact) mass is 450 g/mol. The summed E-state index contributed by atoms with van der Waals surface area (Å²) in [6.45, 7) is 0.468. The van der Waals surface area contributed by atoms with Gasteiger partial charge in [0.25, 0.3) is 17.4 Å². The Morgan fingerprint density at radius 2 is 1.62 bits per heavy atom. The molecule has 3 aromatic rings. The molecule has 1 fully saturated rings. The molecule has 5 rings (SSSR count). The largest absolute Gasteiger partial charge is 0.491 e. The molecular weight excluding hydrogens is 428 g/mol. The highest BCUT2D eigenvalue weighted by atomic mass is 35.5. The summed E-state index contributed by atoms with van der Waals surface area (Å²) in [7, 11) is 1.65. The summed E-state index contributed by atoms with van der Waals surface area (Å²) in [4.78, 5) is 40.2. The molecule has 1 aliphatic carbocycles. The van der Waals surface area contributed by atoms with Crippen molar-refractivity contribution in [3.05, 3.63) is 74.7 Å². The second kappa shape index (κ2) is 8.10. The molecule has 6 nitrogen and oxygen atoms in total. The van der Waals surface area contributed by atoms with Crippen LogP contribution in [0.15, 0.2) is 47.3 Å². The van der Waals surface area contributed by atoms with Gasteiger partial charge >= 0.3 is 0 Å². The number of carbonyl (C=O) groups is 2. The van der Waals surface area contributed by atoms with Gasteiger partial charge in [-0.15, -0.1) is 0 Å². The molecule has 0 unspecified atom stereocenters. The van der Waals surface area contributed by atoms with Crippen LogP contribution in [0.2, 0.25) is 5.02 Å². The Kier molecular flexibility index (Phi) is 5.25. The first-order chi connectivity index (χ1) is 15.5. The molecule has 1 saturated carbocycles. The third-order valence-corrected chi connectivity index (χ3v) is 6.79. The lowest BCUT2D eigenvalue weighted by molar-refractivity contribution is 0.0637. The molecule has 0 bridgehead atoms. The first kappa shape index (κ1) is 20.8. The molecule has 2 aliphatic rings. The molecule has 0 radical (unpaired) electrons. The third-order valence-electron chi connectivity index (χ3n) is 6.55. The van der Waals surface area contributed by atoms with E-state index in [9.17, 15) is 14.4 Å². The first-order valence-electron chi connectivity index (χ1n) is 10.8. The average Bonchev–Trinajstić information content (AvgIpc) is 3.40. The molecule has 32 heavy (non-hydrogen) atoms. The van der Waals surface area contributed by atoms with E-state index in [1.807, 2.05) is 0 Å². The molecule has 2 heterocycles. The quantitative estimate of drug-likeness (QED) is 0.534. The van der Waals surface area contributed by atoms with Gasteiger partial charge in [0, 0.05) is 17.5 Å². The SMILES string of the molecule is Cn1c(CN2C(=O)c3ccccc3C2=O)c(OCC2CCCC2)c2cc(Cl)ccc2c1=O. The predicted octanol–water partition coefficient (Wildman–Crippen LogP) is 4.56. The van der Waals surface area contributed by atoms with Crippen LogP contribution in [0.4, 0.5) is 0 Å². The molecule has 164 valence electrons. The second-order valence-corrected chi connectivity index (χ2v) is 8.97. The van der Waals surface area contributed by atoms with Crippen molar-refractivity contribution in [1.29, 1.82) is 0 Å². The van der Waals surface area contributed by atoms with Gasteiger partial charge in [-0.1, -0.05) is 36.6 Å². The highest BCUT2D eigenvalue weighted by molar-refractivity contribution is 6.31. The number of carbonyl (C=O) groups excluding carboxylic acids is 2. The molecular formula is C25H23ClN2O4. The van der Waals surface area contributed by atoms with Crippen molar-refractivity contribution in [3.63, 3.8) is 0 Å². The summed E-state index contributed by atoms with van der Waals surface area (Å²) in [6.07, 6.45) is 4.60. The number of amides is 2. The third kappa shape index (κ3) is 3.39. The molecule has 1 aliphatic heterocycles. The van der Waals surface area contributed by atoms with E-state index in [-0.39, 0.29) is 23.9 Å². The van der Waals surface area contributed by atoms with Crippen LogP contribution in [0.25, 0.3) is 10.8 Å². The van der Waals surface area contributed by atoms with E-state index >= 15 is 0 Å². The minimum Gasteiger partial charge on any atom is -0.491 e. The van der Waals surface area contributed by atoms with Gasteiger partial charge < -0.3 is 9.30 Å². The Morgan fingerprint density at radius 3 is 2.28 bits per heavy atom. The Balaban J connectivity index is 1.60. The number of pyridine rings is 1. The van der Waals surface area contributed by atoms with Crippen molar-refractivity contribution < 1.29 is 14.3 Å². The number of rotatable bonds is 5. The van der Waals surface area contributed by atoms with Gasteiger partial charge in [0.05, 0.1) is 35.4 Å². The van der Waals surface area contributed by atoms with Gasteiger partial charge in [0.15, 0.2) is 0 Å². The maximum Gasteiger partial charge on any atom is 0.261 e. The van der Waals surface area contributed by atoms with Crippen molar-refractivity contribution in [2.45, 2.75) is 32.2 Å². The van der Waals surface area contributed by atoms with Crippen LogP contribution < -0.4 is 10.3 Å². The van der Waals surface area contributed by atoms with E-state index in [0.717, 1.165) is 12.8 Å². The molecule has 0 N–H and O–H groups in total. The summed E-state index contributed by atoms with van der Waals surface area (Å²) in [5.74, 6) is 0.221. The van der Waals surface area contributed by atoms with Crippen LogP contribution >= 0.6 is 11.6 Å². The minimum absolute atomic E-state index is 0.0550. The standard InChI is InChI=1S/C25H23ClN2O4/c1-27-21(13-28-24(30)17-8-4-5-9-18(17)25(28)31)22(32-14-15-6-2-3-7-15)20-12-16(26)10-11-19(20)23(27)29/h4-5,8-12,15H,2-3,6-7,13-14H2,1H3. The van der Waals surface area contributed by atoms with Gasteiger partial charge in [-0.3, -0.25) is 19.3 Å².